The summed E-state index contributed by atoms with van der Waals surface area (Å²) in [6.45, 7) is 10.8. The summed E-state index contributed by atoms with van der Waals surface area (Å²) in [5.74, 6) is 2.10. The third kappa shape index (κ3) is 5.47. The molecule has 0 unspecified atom stereocenters. The number of nitrogens with zero attached hydrogens (tertiary/aromatic N) is 4. The van der Waals surface area contributed by atoms with Gasteiger partial charge in [0.1, 0.15) is 11.5 Å². The molecule has 1 aliphatic heterocycles. The highest BCUT2D eigenvalue weighted by Gasteiger charge is 2.21. The molecule has 2 N–H and O–H groups in total. The van der Waals surface area contributed by atoms with Gasteiger partial charge in [-0.05, 0) is 32.9 Å². The molecule has 3 rings (SSSR count). The fraction of sp³-hybridized carbons (Fsp3) is 0.455. The molecule has 0 radical (unpaired) electrons. The molecule has 0 spiro atoms. The van der Waals surface area contributed by atoms with E-state index in [2.05, 4.69) is 27.0 Å². The first-order chi connectivity index (χ1) is 14.0. The van der Waals surface area contributed by atoms with E-state index in [0.29, 0.717) is 12.3 Å². The second kappa shape index (κ2) is 11.2. The van der Waals surface area contributed by atoms with Gasteiger partial charge in [-0.3, -0.25) is 4.98 Å². The van der Waals surface area contributed by atoms with Crippen molar-refractivity contribution >= 4 is 35.6 Å². The molecule has 2 heterocycles. The van der Waals surface area contributed by atoms with Crippen LogP contribution in [0.1, 0.15) is 23.7 Å². The molecule has 0 atom stereocenters. The number of guanidine groups is 1. The Hall–Kier alpha value is -2.23. The number of aryl methyl sites for hydroxylation is 1. The van der Waals surface area contributed by atoms with Gasteiger partial charge in [-0.15, -0.1) is 24.0 Å². The summed E-state index contributed by atoms with van der Waals surface area (Å²) in [7, 11) is 1.69. The molecule has 164 valence electrons. The smallest absolute Gasteiger partial charge is 0.194 e. The Bertz CT molecular complexity index is 867. The molecule has 0 saturated carbocycles. The van der Waals surface area contributed by atoms with Gasteiger partial charge in [-0.1, -0.05) is 12.1 Å². The first-order valence-corrected chi connectivity index (χ1v) is 10.1. The molecule has 1 fully saturated rings. The molecule has 1 aromatic carbocycles. The van der Waals surface area contributed by atoms with E-state index < -0.39 is 0 Å². The highest BCUT2D eigenvalue weighted by molar-refractivity contribution is 14.0. The number of methoxy groups -OCH3 is 1. The number of halogens is 1. The molecule has 0 bridgehead atoms. The normalized spacial score (nSPS) is 14.3. The number of benzene rings is 1. The second-order valence-corrected chi connectivity index (χ2v) is 7.18. The summed E-state index contributed by atoms with van der Waals surface area (Å²) < 4.78 is 5.51. The van der Waals surface area contributed by atoms with Crippen molar-refractivity contribution in [2.45, 2.75) is 27.3 Å². The molecule has 0 amide bonds. The number of hydrogen-bond acceptors (Lipinski definition) is 5. The molecule has 8 heteroatoms. The zero-order valence-electron chi connectivity index (χ0n) is 18.2. The van der Waals surface area contributed by atoms with Crippen LogP contribution in [0.2, 0.25) is 0 Å². The number of piperazine rings is 1. The van der Waals surface area contributed by atoms with Crippen LogP contribution >= 0.6 is 24.0 Å². The van der Waals surface area contributed by atoms with E-state index in [0.717, 1.165) is 66.9 Å². The Kier molecular flexibility index (Phi) is 9.01. The predicted octanol–water partition coefficient (Wildman–Crippen LogP) is 3.32. The van der Waals surface area contributed by atoms with E-state index >= 15 is 0 Å². The van der Waals surface area contributed by atoms with Crippen molar-refractivity contribution in [3.05, 3.63) is 47.3 Å². The number of hydrogen-bond donors (Lipinski definition) is 2. The number of nitrogens with one attached hydrogen (secondary N) is 1. The monoisotopic (exact) mass is 525 g/mol. The maximum Gasteiger partial charge on any atom is 0.194 e. The Morgan fingerprint density at radius 2 is 1.90 bits per heavy atom. The van der Waals surface area contributed by atoms with E-state index in [1.807, 2.05) is 38.2 Å². The number of anilines is 1. The van der Waals surface area contributed by atoms with Crippen LogP contribution in [0.25, 0.3) is 0 Å². The second-order valence-electron chi connectivity index (χ2n) is 7.18. The van der Waals surface area contributed by atoms with Crippen LogP contribution in [0.3, 0.4) is 0 Å². The van der Waals surface area contributed by atoms with Crippen LogP contribution in [0.15, 0.2) is 35.5 Å². The zero-order valence-corrected chi connectivity index (χ0v) is 20.5. The van der Waals surface area contributed by atoms with Crippen molar-refractivity contribution in [1.82, 2.24) is 15.2 Å². The molecule has 2 aromatic rings. The molecule has 0 aliphatic carbocycles. The number of pyridine rings is 1. The molecule has 7 nitrogen and oxygen atoms in total. The fourth-order valence-electron chi connectivity index (χ4n) is 3.70. The van der Waals surface area contributed by atoms with Gasteiger partial charge >= 0.3 is 0 Å². The van der Waals surface area contributed by atoms with Gasteiger partial charge in [0, 0.05) is 50.0 Å². The van der Waals surface area contributed by atoms with Crippen LogP contribution in [0.5, 0.6) is 11.5 Å². The number of para-hydroxylation sites is 2. The molecular weight excluding hydrogens is 493 g/mol. The van der Waals surface area contributed by atoms with Gasteiger partial charge in [-0.2, -0.15) is 0 Å². The summed E-state index contributed by atoms with van der Waals surface area (Å²) in [6, 6.07) is 7.50. The number of rotatable bonds is 5. The molecule has 1 aliphatic rings. The molecule has 1 saturated heterocycles. The van der Waals surface area contributed by atoms with Gasteiger partial charge < -0.3 is 25.0 Å². The Morgan fingerprint density at radius 3 is 2.53 bits per heavy atom. The lowest BCUT2D eigenvalue weighted by Crippen LogP contribution is -2.52. The average Bonchev–Trinajstić information content (AvgIpc) is 2.73. The number of phenols is 1. The van der Waals surface area contributed by atoms with Crippen molar-refractivity contribution in [2.75, 3.05) is 44.7 Å². The van der Waals surface area contributed by atoms with Gasteiger partial charge in [0.2, 0.25) is 0 Å². The van der Waals surface area contributed by atoms with Gasteiger partial charge in [0.25, 0.3) is 0 Å². The number of aromatic nitrogens is 1. The van der Waals surface area contributed by atoms with Crippen molar-refractivity contribution in [3.63, 3.8) is 0 Å². The molecular formula is C22H32IN5O2. The number of phenolic OH excluding ortho intramolecular Hbond substituents is 1. The third-order valence-corrected chi connectivity index (χ3v) is 5.26. The van der Waals surface area contributed by atoms with E-state index in [1.165, 1.54) is 0 Å². The first kappa shape index (κ1) is 24.0. The Morgan fingerprint density at radius 1 is 1.20 bits per heavy atom. The zero-order chi connectivity index (χ0) is 20.8. The molecule has 1 aromatic heterocycles. The summed E-state index contributed by atoms with van der Waals surface area (Å²) in [5, 5.41) is 13.5. The van der Waals surface area contributed by atoms with E-state index in [9.17, 15) is 5.11 Å². The number of ether oxygens (including phenoxy) is 1. The lowest BCUT2D eigenvalue weighted by atomic mass is 10.1. The quantitative estimate of drug-likeness (QED) is 0.355. The highest BCUT2D eigenvalue weighted by atomic mass is 127. The van der Waals surface area contributed by atoms with Gasteiger partial charge in [0.05, 0.1) is 25.0 Å². The third-order valence-electron chi connectivity index (χ3n) is 5.26. The lowest BCUT2D eigenvalue weighted by Gasteiger charge is -2.37. The van der Waals surface area contributed by atoms with E-state index in [4.69, 9.17) is 9.73 Å². The first-order valence-electron chi connectivity index (χ1n) is 10.1. The van der Waals surface area contributed by atoms with Gasteiger partial charge in [-0.25, -0.2) is 4.99 Å². The highest BCUT2D eigenvalue weighted by Crippen LogP contribution is 2.27. The maximum atomic E-state index is 10.1. The summed E-state index contributed by atoms with van der Waals surface area (Å²) in [5.41, 5.74) is 3.89. The lowest BCUT2D eigenvalue weighted by molar-refractivity contribution is 0.369. The van der Waals surface area contributed by atoms with E-state index in [-0.39, 0.29) is 24.0 Å². The van der Waals surface area contributed by atoms with E-state index in [1.54, 1.807) is 13.2 Å². The average molecular weight is 525 g/mol. The fourth-order valence-corrected chi connectivity index (χ4v) is 3.70. The SMILES string of the molecule is CCNC(=NCc1ncc(C)c(OC)c1C)N1CCN(c2ccccc2O)CC1.I. The topological polar surface area (TPSA) is 73.2 Å². The standard InChI is InChI=1S/C22H31N5O2.HI/c1-5-23-22(25-15-18-17(3)21(29-4)16(2)14-24-18)27-12-10-26(11-13-27)19-8-6-7-9-20(19)28;/h6-9,14,28H,5,10-13,15H2,1-4H3,(H,23,25);1H. The van der Waals surface area contributed by atoms with Crippen LogP contribution in [0, 0.1) is 13.8 Å². The van der Waals surface area contributed by atoms with Crippen molar-refractivity contribution in [1.29, 1.82) is 0 Å². The minimum Gasteiger partial charge on any atom is -0.506 e. The Labute approximate surface area is 196 Å². The van der Waals surface area contributed by atoms with Crippen LogP contribution < -0.4 is 15.0 Å². The minimum absolute atomic E-state index is 0. The summed E-state index contributed by atoms with van der Waals surface area (Å²) in [4.78, 5) is 13.9. The number of aromatic hydroxyl groups is 1. The largest absolute Gasteiger partial charge is 0.506 e. The predicted molar refractivity (Wildman–Crippen MR) is 132 cm³/mol. The van der Waals surface area contributed by atoms with Crippen molar-refractivity contribution in [3.8, 4) is 11.5 Å². The Balaban J connectivity index is 0.00000320. The minimum atomic E-state index is 0. The van der Waals surface area contributed by atoms with Crippen molar-refractivity contribution < 1.29 is 9.84 Å². The summed E-state index contributed by atoms with van der Waals surface area (Å²) in [6.07, 6.45) is 1.84. The van der Waals surface area contributed by atoms with Crippen LogP contribution in [-0.2, 0) is 6.54 Å². The van der Waals surface area contributed by atoms with Crippen LogP contribution in [0.4, 0.5) is 5.69 Å². The van der Waals surface area contributed by atoms with Crippen molar-refractivity contribution in [2.24, 2.45) is 4.99 Å². The molecule has 30 heavy (non-hydrogen) atoms. The number of aliphatic imine (C=N–C) groups is 1. The van der Waals surface area contributed by atoms with Gasteiger partial charge in [0.15, 0.2) is 5.96 Å². The van der Waals surface area contributed by atoms with Crippen LogP contribution in [-0.4, -0.2) is 60.8 Å². The summed E-state index contributed by atoms with van der Waals surface area (Å²) >= 11 is 0. The maximum absolute atomic E-state index is 10.1.